The molecule has 0 atom stereocenters. The minimum absolute atomic E-state index is 0.0770. The zero-order valence-corrected chi connectivity index (χ0v) is 21.2. The number of benzene rings is 1. The highest BCUT2D eigenvalue weighted by Gasteiger charge is 2.44. The number of ketones is 1. The van der Waals surface area contributed by atoms with Gasteiger partial charge in [-0.3, -0.25) is 9.69 Å². The molecule has 2 aromatic rings. The Bertz CT molecular complexity index is 1290. The molecule has 35 heavy (non-hydrogen) atoms. The van der Waals surface area contributed by atoms with Gasteiger partial charge in [0.25, 0.3) is 0 Å². The monoisotopic (exact) mass is 466 g/mol. The first-order valence-electron chi connectivity index (χ1n) is 13.2. The SMILES string of the molecule is CCCC1(N2CCN(c3cc4c(cn3)C(=O)C3=C(Cc5cc(C#N)ccc53)C4(C)C)CC2)CCC1. The molecule has 5 nitrogen and oxygen atoms in total. The van der Waals surface area contributed by atoms with Crippen molar-refractivity contribution >= 4 is 17.2 Å². The number of piperazine rings is 1. The van der Waals surface area contributed by atoms with Crippen molar-refractivity contribution in [3.05, 3.63) is 63.9 Å². The summed E-state index contributed by atoms with van der Waals surface area (Å²) < 4.78 is 0. The van der Waals surface area contributed by atoms with Crippen LogP contribution in [0.2, 0.25) is 0 Å². The van der Waals surface area contributed by atoms with E-state index < -0.39 is 0 Å². The van der Waals surface area contributed by atoms with Gasteiger partial charge in [-0.2, -0.15) is 5.26 Å². The van der Waals surface area contributed by atoms with E-state index in [9.17, 15) is 10.1 Å². The highest BCUT2D eigenvalue weighted by atomic mass is 16.1. The fourth-order valence-electron chi connectivity index (χ4n) is 7.08. The van der Waals surface area contributed by atoms with E-state index in [1.807, 2.05) is 24.4 Å². The fraction of sp³-hybridized carbons (Fsp3) is 0.500. The van der Waals surface area contributed by atoms with Crippen LogP contribution in [0.5, 0.6) is 0 Å². The normalized spacial score (nSPS) is 22.2. The second-order valence-corrected chi connectivity index (χ2v) is 11.4. The van der Waals surface area contributed by atoms with E-state index in [2.05, 4.69) is 42.7 Å². The van der Waals surface area contributed by atoms with Crippen molar-refractivity contribution in [1.82, 2.24) is 9.88 Å². The quantitative estimate of drug-likeness (QED) is 0.613. The Morgan fingerprint density at radius 2 is 1.86 bits per heavy atom. The lowest BCUT2D eigenvalue weighted by molar-refractivity contribution is 0.00371. The van der Waals surface area contributed by atoms with Gasteiger partial charge in [0.05, 0.1) is 11.6 Å². The average molecular weight is 467 g/mol. The molecular weight excluding hydrogens is 432 g/mol. The summed E-state index contributed by atoms with van der Waals surface area (Å²) in [6, 6.07) is 10.1. The van der Waals surface area contributed by atoms with Crippen molar-refractivity contribution in [3.63, 3.8) is 0 Å². The minimum atomic E-state index is -0.263. The van der Waals surface area contributed by atoms with Gasteiger partial charge in [-0.1, -0.05) is 33.3 Å². The summed E-state index contributed by atoms with van der Waals surface area (Å²) in [6.45, 7) is 10.9. The molecule has 0 amide bonds. The van der Waals surface area contributed by atoms with Gasteiger partial charge in [-0.15, -0.1) is 0 Å². The summed E-state index contributed by atoms with van der Waals surface area (Å²) in [7, 11) is 0. The van der Waals surface area contributed by atoms with E-state index in [4.69, 9.17) is 4.98 Å². The van der Waals surface area contributed by atoms with Crippen molar-refractivity contribution in [2.45, 2.75) is 70.3 Å². The summed E-state index contributed by atoms with van der Waals surface area (Å²) in [6.07, 6.45) is 9.19. The average Bonchev–Trinajstić information content (AvgIpc) is 3.25. The van der Waals surface area contributed by atoms with E-state index in [0.717, 1.165) is 66.2 Å². The van der Waals surface area contributed by atoms with Crippen LogP contribution < -0.4 is 4.90 Å². The molecule has 1 saturated carbocycles. The van der Waals surface area contributed by atoms with Crippen LogP contribution in [0, 0.1) is 11.3 Å². The van der Waals surface area contributed by atoms with Crippen LogP contribution in [0.15, 0.2) is 36.0 Å². The summed E-state index contributed by atoms with van der Waals surface area (Å²) in [5.74, 6) is 1.07. The third-order valence-electron chi connectivity index (χ3n) is 9.24. The van der Waals surface area contributed by atoms with Gasteiger partial charge in [0.15, 0.2) is 5.78 Å². The standard InChI is InChI=1S/C30H34N4O/c1-4-8-30(9-5-10-30)34-13-11-33(12-14-34)26-17-24-23(19-32-26)28(35)27-22-7-6-20(18-31)15-21(22)16-25(27)29(24,2)3/h6-7,15,17,19H,4-5,8-14,16H2,1-3H3. The van der Waals surface area contributed by atoms with Crippen LogP contribution in [-0.2, 0) is 11.8 Å². The molecule has 0 radical (unpaired) electrons. The van der Waals surface area contributed by atoms with E-state index in [0.29, 0.717) is 11.1 Å². The third-order valence-corrected chi connectivity index (χ3v) is 9.24. The molecule has 0 unspecified atom stereocenters. The Morgan fingerprint density at radius 1 is 1.09 bits per heavy atom. The molecule has 5 heteroatoms. The molecule has 4 aliphatic rings. The smallest absolute Gasteiger partial charge is 0.195 e. The van der Waals surface area contributed by atoms with Crippen molar-refractivity contribution in [2.75, 3.05) is 31.1 Å². The number of pyridine rings is 1. The number of fused-ring (bicyclic) bond motifs is 3. The summed E-state index contributed by atoms with van der Waals surface area (Å²) in [5.41, 5.74) is 6.72. The first kappa shape index (κ1) is 22.5. The van der Waals surface area contributed by atoms with Crippen molar-refractivity contribution in [3.8, 4) is 6.07 Å². The van der Waals surface area contributed by atoms with E-state index in [-0.39, 0.29) is 11.2 Å². The van der Waals surface area contributed by atoms with Gasteiger partial charge < -0.3 is 4.90 Å². The molecule has 3 aliphatic carbocycles. The maximum absolute atomic E-state index is 13.7. The van der Waals surface area contributed by atoms with E-state index >= 15 is 0 Å². The van der Waals surface area contributed by atoms with Gasteiger partial charge in [0, 0.05) is 54.5 Å². The molecule has 0 spiro atoms. The lowest BCUT2D eigenvalue weighted by Crippen LogP contribution is -2.60. The van der Waals surface area contributed by atoms with Crippen LogP contribution in [0.25, 0.3) is 5.57 Å². The molecular formula is C30H34N4O. The predicted octanol–water partition coefficient (Wildman–Crippen LogP) is 5.28. The molecule has 1 aromatic heterocycles. The molecule has 180 valence electrons. The van der Waals surface area contributed by atoms with Crippen LogP contribution in [0.3, 0.4) is 0 Å². The van der Waals surface area contributed by atoms with Gasteiger partial charge >= 0.3 is 0 Å². The molecule has 0 bridgehead atoms. The molecule has 2 fully saturated rings. The van der Waals surface area contributed by atoms with Gasteiger partial charge in [-0.05, 0) is 72.6 Å². The first-order chi connectivity index (χ1) is 16.9. The van der Waals surface area contributed by atoms with Crippen LogP contribution >= 0.6 is 0 Å². The Labute approximate surface area is 208 Å². The van der Waals surface area contributed by atoms with Crippen molar-refractivity contribution in [1.29, 1.82) is 5.26 Å². The number of carbonyl (C=O) groups is 1. The largest absolute Gasteiger partial charge is 0.354 e. The van der Waals surface area contributed by atoms with Crippen LogP contribution in [0.4, 0.5) is 5.82 Å². The number of hydrogen-bond donors (Lipinski definition) is 0. The first-order valence-corrected chi connectivity index (χ1v) is 13.2. The fourth-order valence-corrected chi connectivity index (χ4v) is 7.08. The second kappa shape index (κ2) is 8.03. The molecule has 1 aliphatic heterocycles. The number of Topliss-reactive ketones (excluding diaryl/α,β-unsaturated/α-hetero) is 1. The highest BCUT2D eigenvalue weighted by Crippen LogP contribution is 2.50. The number of nitrogens with zero attached hydrogens (tertiary/aromatic N) is 4. The Hall–Kier alpha value is -2.97. The summed E-state index contributed by atoms with van der Waals surface area (Å²) in [5, 5.41) is 9.34. The summed E-state index contributed by atoms with van der Waals surface area (Å²) >= 11 is 0. The number of aromatic nitrogens is 1. The maximum Gasteiger partial charge on any atom is 0.195 e. The maximum atomic E-state index is 13.7. The Balaban J connectivity index is 1.27. The van der Waals surface area contributed by atoms with Crippen molar-refractivity contribution in [2.24, 2.45) is 0 Å². The van der Waals surface area contributed by atoms with Crippen molar-refractivity contribution < 1.29 is 4.79 Å². The number of carbonyl (C=O) groups excluding carboxylic acids is 1. The zero-order chi connectivity index (χ0) is 24.4. The summed E-state index contributed by atoms with van der Waals surface area (Å²) in [4.78, 5) is 23.6. The zero-order valence-electron chi connectivity index (χ0n) is 21.2. The van der Waals surface area contributed by atoms with Crippen LogP contribution in [0.1, 0.15) is 85.5 Å². The molecule has 2 heterocycles. The molecule has 0 N–H and O–H groups in total. The second-order valence-electron chi connectivity index (χ2n) is 11.4. The highest BCUT2D eigenvalue weighted by molar-refractivity contribution is 6.32. The molecule has 6 rings (SSSR count). The number of hydrogen-bond acceptors (Lipinski definition) is 5. The number of nitriles is 1. The number of rotatable bonds is 4. The number of anilines is 1. The molecule has 1 aromatic carbocycles. The van der Waals surface area contributed by atoms with E-state index in [1.165, 1.54) is 37.7 Å². The number of allylic oxidation sites excluding steroid dienone is 2. The predicted molar refractivity (Wildman–Crippen MR) is 139 cm³/mol. The molecule has 1 saturated heterocycles. The Kier molecular flexibility index (Phi) is 5.16. The van der Waals surface area contributed by atoms with E-state index in [1.54, 1.807) is 0 Å². The topological polar surface area (TPSA) is 60.2 Å². The van der Waals surface area contributed by atoms with Gasteiger partial charge in [0.2, 0.25) is 0 Å². The minimum Gasteiger partial charge on any atom is -0.354 e. The van der Waals surface area contributed by atoms with Gasteiger partial charge in [0.1, 0.15) is 5.82 Å². The lowest BCUT2D eigenvalue weighted by Gasteiger charge is -2.53. The Morgan fingerprint density at radius 3 is 2.51 bits per heavy atom. The third kappa shape index (κ3) is 3.30. The van der Waals surface area contributed by atoms with Gasteiger partial charge in [-0.25, -0.2) is 4.98 Å². The van der Waals surface area contributed by atoms with Crippen LogP contribution in [-0.4, -0.2) is 47.4 Å². The lowest BCUT2D eigenvalue weighted by atomic mass is 9.69.